The van der Waals surface area contributed by atoms with Gasteiger partial charge in [-0.05, 0) is 55.2 Å². The van der Waals surface area contributed by atoms with Gasteiger partial charge in [0.1, 0.15) is 5.75 Å². The Bertz CT molecular complexity index is 769. The fourth-order valence-corrected chi connectivity index (χ4v) is 3.18. The van der Waals surface area contributed by atoms with E-state index < -0.39 is 0 Å². The first-order valence-electron chi connectivity index (χ1n) is 9.53. The van der Waals surface area contributed by atoms with E-state index in [1.165, 1.54) is 0 Å². The molecular weight excluding hydrogens is 340 g/mol. The largest absolute Gasteiger partial charge is 0.494 e. The summed E-state index contributed by atoms with van der Waals surface area (Å²) in [6.07, 6.45) is 2.71. The second-order valence-corrected chi connectivity index (χ2v) is 6.67. The lowest BCUT2D eigenvalue weighted by Crippen LogP contribution is -2.24. The molecule has 27 heavy (non-hydrogen) atoms. The van der Waals surface area contributed by atoms with Crippen LogP contribution in [0.4, 0.5) is 5.69 Å². The zero-order valence-corrected chi connectivity index (χ0v) is 15.7. The van der Waals surface area contributed by atoms with Crippen LogP contribution in [0.5, 0.6) is 5.75 Å². The van der Waals surface area contributed by atoms with Crippen molar-refractivity contribution in [3.05, 3.63) is 59.7 Å². The molecule has 0 unspecified atom stereocenters. The molecule has 2 aromatic rings. The summed E-state index contributed by atoms with van der Waals surface area (Å²) in [5, 5.41) is 2.95. The SMILES string of the molecule is CCOc1ccc(CCC(=O)NCc2ccc(N3CCCC3=O)cc2)cc1. The monoisotopic (exact) mass is 366 g/mol. The van der Waals surface area contributed by atoms with E-state index in [0.717, 1.165) is 35.5 Å². The van der Waals surface area contributed by atoms with E-state index in [0.29, 0.717) is 32.4 Å². The molecule has 0 aliphatic carbocycles. The van der Waals surface area contributed by atoms with E-state index in [4.69, 9.17) is 4.74 Å². The highest BCUT2D eigenvalue weighted by molar-refractivity contribution is 5.95. The first kappa shape index (κ1) is 19.0. The van der Waals surface area contributed by atoms with E-state index in [1.54, 1.807) is 0 Å². The third kappa shape index (κ3) is 5.33. The van der Waals surface area contributed by atoms with Crippen LogP contribution in [0.1, 0.15) is 37.3 Å². The minimum atomic E-state index is 0.0303. The molecule has 1 fully saturated rings. The summed E-state index contributed by atoms with van der Waals surface area (Å²) in [4.78, 5) is 25.7. The maximum atomic E-state index is 12.1. The first-order valence-corrected chi connectivity index (χ1v) is 9.53. The summed E-state index contributed by atoms with van der Waals surface area (Å²) in [7, 11) is 0. The number of amides is 2. The molecule has 0 bridgehead atoms. The normalized spacial score (nSPS) is 13.7. The number of hydrogen-bond donors (Lipinski definition) is 1. The van der Waals surface area contributed by atoms with Crippen molar-refractivity contribution in [3.8, 4) is 5.75 Å². The Kier molecular flexibility index (Phi) is 6.47. The van der Waals surface area contributed by atoms with Crippen LogP contribution in [0.25, 0.3) is 0 Å². The Labute approximate surface area is 160 Å². The number of carbonyl (C=O) groups is 2. The number of nitrogens with one attached hydrogen (secondary N) is 1. The fraction of sp³-hybridized carbons (Fsp3) is 0.364. The van der Waals surface area contributed by atoms with E-state index in [-0.39, 0.29) is 11.8 Å². The average Bonchev–Trinajstić information content (AvgIpc) is 3.12. The van der Waals surface area contributed by atoms with Crippen molar-refractivity contribution >= 4 is 17.5 Å². The molecule has 1 N–H and O–H groups in total. The summed E-state index contributed by atoms with van der Waals surface area (Å²) < 4.78 is 5.42. The summed E-state index contributed by atoms with van der Waals surface area (Å²) in [6, 6.07) is 15.7. The van der Waals surface area contributed by atoms with Gasteiger partial charge < -0.3 is 15.0 Å². The van der Waals surface area contributed by atoms with E-state index >= 15 is 0 Å². The maximum Gasteiger partial charge on any atom is 0.227 e. The summed E-state index contributed by atoms with van der Waals surface area (Å²) in [5.41, 5.74) is 3.08. The smallest absolute Gasteiger partial charge is 0.227 e. The number of carbonyl (C=O) groups excluding carboxylic acids is 2. The molecule has 142 valence electrons. The van der Waals surface area contributed by atoms with Gasteiger partial charge in [-0.1, -0.05) is 24.3 Å². The predicted octanol–water partition coefficient (Wildman–Crippen LogP) is 3.46. The van der Waals surface area contributed by atoms with Gasteiger partial charge in [0.05, 0.1) is 6.61 Å². The highest BCUT2D eigenvalue weighted by Crippen LogP contribution is 2.21. The van der Waals surface area contributed by atoms with Crippen molar-refractivity contribution in [2.45, 2.75) is 39.2 Å². The number of rotatable bonds is 8. The molecule has 1 saturated heterocycles. The third-order valence-electron chi connectivity index (χ3n) is 4.69. The van der Waals surface area contributed by atoms with Crippen molar-refractivity contribution in [2.75, 3.05) is 18.1 Å². The third-order valence-corrected chi connectivity index (χ3v) is 4.69. The number of nitrogens with zero attached hydrogens (tertiary/aromatic N) is 1. The second kappa shape index (κ2) is 9.21. The lowest BCUT2D eigenvalue weighted by molar-refractivity contribution is -0.121. The molecule has 3 rings (SSSR count). The topological polar surface area (TPSA) is 58.6 Å². The Morgan fingerprint density at radius 3 is 2.41 bits per heavy atom. The average molecular weight is 366 g/mol. The van der Waals surface area contributed by atoms with Crippen molar-refractivity contribution in [3.63, 3.8) is 0 Å². The molecule has 1 aliphatic heterocycles. The van der Waals surface area contributed by atoms with Gasteiger partial charge in [0.15, 0.2) is 0 Å². The highest BCUT2D eigenvalue weighted by Gasteiger charge is 2.21. The molecule has 5 heteroatoms. The van der Waals surface area contributed by atoms with Crippen LogP contribution < -0.4 is 15.0 Å². The molecule has 2 amide bonds. The molecule has 0 radical (unpaired) electrons. The van der Waals surface area contributed by atoms with Crippen LogP contribution >= 0.6 is 0 Å². The standard InChI is InChI=1S/C22H26N2O3/c1-2-27-20-12-7-17(8-13-20)9-14-21(25)23-16-18-5-10-19(11-6-18)24-15-3-4-22(24)26/h5-8,10-13H,2-4,9,14-16H2,1H3,(H,23,25). The summed E-state index contributed by atoms with van der Waals surface area (Å²) >= 11 is 0. The van der Waals surface area contributed by atoms with Gasteiger partial charge in [-0.3, -0.25) is 9.59 Å². The van der Waals surface area contributed by atoms with Gasteiger partial charge in [0.2, 0.25) is 11.8 Å². The molecule has 2 aromatic carbocycles. The number of hydrogen-bond acceptors (Lipinski definition) is 3. The molecule has 0 atom stereocenters. The summed E-state index contributed by atoms with van der Waals surface area (Å²) in [6.45, 7) is 3.89. The molecule has 5 nitrogen and oxygen atoms in total. The quantitative estimate of drug-likeness (QED) is 0.778. The van der Waals surface area contributed by atoms with Gasteiger partial charge in [0.25, 0.3) is 0 Å². The van der Waals surface area contributed by atoms with Crippen molar-refractivity contribution in [1.82, 2.24) is 5.32 Å². The molecule has 0 spiro atoms. The van der Waals surface area contributed by atoms with Gasteiger partial charge in [-0.25, -0.2) is 0 Å². The van der Waals surface area contributed by atoms with Crippen LogP contribution in [0.2, 0.25) is 0 Å². The molecular formula is C22H26N2O3. The van der Waals surface area contributed by atoms with Crippen LogP contribution in [-0.4, -0.2) is 25.0 Å². The first-order chi connectivity index (χ1) is 13.2. The Hall–Kier alpha value is -2.82. The molecule has 0 saturated carbocycles. The molecule has 1 aliphatic rings. The molecule has 1 heterocycles. The Morgan fingerprint density at radius 1 is 1.07 bits per heavy atom. The predicted molar refractivity (Wildman–Crippen MR) is 106 cm³/mol. The van der Waals surface area contributed by atoms with Crippen molar-refractivity contribution in [2.24, 2.45) is 0 Å². The van der Waals surface area contributed by atoms with Crippen molar-refractivity contribution < 1.29 is 14.3 Å². The zero-order chi connectivity index (χ0) is 19.1. The van der Waals surface area contributed by atoms with Gasteiger partial charge in [-0.2, -0.15) is 0 Å². The Balaban J connectivity index is 1.42. The van der Waals surface area contributed by atoms with Gasteiger partial charge in [0, 0.05) is 31.6 Å². The highest BCUT2D eigenvalue weighted by atomic mass is 16.5. The van der Waals surface area contributed by atoms with Crippen LogP contribution in [0.15, 0.2) is 48.5 Å². The Morgan fingerprint density at radius 2 is 1.78 bits per heavy atom. The van der Waals surface area contributed by atoms with E-state index in [2.05, 4.69) is 5.32 Å². The van der Waals surface area contributed by atoms with Crippen LogP contribution in [0.3, 0.4) is 0 Å². The van der Waals surface area contributed by atoms with Gasteiger partial charge >= 0.3 is 0 Å². The lowest BCUT2D eigenvalue weighted by Gasteiger charge is -2.16. The second-order valence-electron chi connectivity index (χ2n) is 6.67. The van der Waals surface area contributed by atoms with Crippen LogP contribution in [0, 0.1) is 0 Å². The minimum absolute atomic E-state index is 0.0303. The maximum absolute atomic E-state index is 12.1. The number of benzene rings is 2. The van der Waals surface area contributed by atoms with Crippen molar-refractivity contribution in [1.29, 1.82) is 0 Å². The lowest BCUT2D eigenvalue weighted by atomic mass is 10.1. The zero-order valence-electron chi connectivity index (χ0n) is 15.7. The van der Waals surface area contributed by atoms with E-state index in [9.17, 15) is 9.59 Å². The number of anilines is 1. The number of ether oxygens (including phenoxy) is 1. The summed E-state index contributed by atoms with van der Waals surface area (Å²) in [5.74, 6) is 1.07. The minimum Gasteiger partial charge on any atom is -0.494 e. The van der Waals surface area contributed by atoms with Gasteiger partial charge in [-0.15, -0.1) is 0 Å². The fourth-order valence-electron chi connectivity index (χ4n) is 3.18. The number of aryl methyl sites for hydroxylation is 1. The molecule has 0 aromatic heterocycles. The van der Waals surface area contributed by atoms with E-state index in [1.807, 2.05) is 60.4 Å². The van der Waals surface area contributed by atoms with Crippen LogP contribution in [-0.2, 0) is 22.6 Å².